The van der Waals surface area contributed by atoms with Gasteiger partial charge in [0, 0.05) is 10.7 Å². The largest absolute Gasteiger partial charge is 0.484 e. The Morgan fingerprint density at radius 3 is 2.69 bits per heavy atom. The average Bonchev–Trinajstić information content (AvgIpc) is 3.36. The van der Waals surface area contributed by atoms with Crippen LogP contribution in [0.25, 0.3) is 0 Å². The van der Waals surface area contributed by atoms with Crippen molar-refractivity contribution in [3.8, 4) is 5.75 Å². The van der Waals surface area contributed by atoms with Gasteiger partial charge in [-0.15, -0.1) is 0 Å². The molecule has 0 saturated heterocycles. The molecule has 2 aromatic heterocycles. The van der Waals surface area contributed by atoms with Crippen molar-refractivity contribution in [1.82, 2.24) is 9.78 Å². The molecule has 2 heterocycles. The summed E-state index contributed by atoms with van der Waals surface area (Å²) in [7, 11) is 0. The van der Waals surface area contributed by atoms with E-state index in [-0.39, 0.29) is 18.2 Å². The molecule has 0 unspecified atom stereocenters. The third kappa shape index (κ3) is 5.59. The number of nitrogens with zero attached hydrogens (tertiary/aromatic N) is 2. The smallest absolute Gasteiger partial charge is 0.292 e. The summed E-state index contributed by atoms with van der Waals surface area (Å²) in [5.74, 6) is 0.679. The number of nitrogens with one attached hydrogen (secondary N) is 1. The third-order valence-corrected chi connectivity index (χ3v) is 5.73. The van der Waals surface area contributed by atoms with Gasteiger partial charge in [0.25, 0.3) is 5.91 Å². The lowest BCUT2D eigenvalue weighted by Gasteiger charge is -2.06. The number of amides is 1. The van der Waals surface area contributed by atoms with E-state index in [2.05, 4.69) is 42.3 Å². The SMILES string of the molecule is O=C(Nc1nn(Cc2ccc(F)cc2)cc1Br)c1ccc(COc2ccc(Br)cc2Cl)o1. The summed E-state index contributed by atoms with van der Waals surface area (Å²) in [6.07, 6.45) is 1.72. The maximum absolute atomic E-state index is 13.1. The van der Waals surface area contributed by atoms with Crippen molar-refractivity contribution >= 4 is 55.2 Å². The van der Waals surface area contributed by atoms with E-state index < -0.39 is 5.91 Å². The number of halogens is 4. The summed E-state index contributed by atoms with van der Waals surface area (Å²) in [5.41, 5.74) is 0.876. The van der Waals surface area contributed by atoms with Crippen molar-refractivity contribution in [3.05, 3.63) is 97.7 Å². The van der Waals surface area contributed by atoms with E-state index in [9.17, 15) is 9.18 Å². The van der Waals surface area contributed by atoms with Gasteiger partial charge >= 0.3 is 0 Å². The van der Waals surface area contributed by atoms with Crippen molar-refractivity contribution in [2.45, 2.75) is 13.2 Å². The van der Waals surface area contributed by atoms with Gasteiger partial charge in [0.05, 0.1) is 16.0 Å². The summed E-state index contributed by atoms with van der Waals surface area (Å²) in [5, 5.41) is 7.52. The molecule has 0 aliphatic carbocycles. The Morgan fingerprint density at radius 2 is 1.94 bits per heavy atom. The minimum absolute atomic E-state index is 0.116. The fraction of sp³-hybridized carbons (Fsp3) is 0.0909. The Bertz CT molecular complexity index is 1260. The lowest BCUT2D eigenvalue weighted by atomic mass is 10.2. The first-order valence-electron chi connectivity index (χ1n) is 9.33. The number of hydrogen-bond donors (Lipinski definition) is 1. The van der Waals surface area contributed by atoms with E-state index in [1.165, 1.54) is 12.1 Å². The zero-order chi connectivity index (χ0) is 22.7. The first-order chi connectivity index (χ1) is 15.4. The molecule has 32 heavy (non-hydrogen) atoms. The molecule has 0 aliphatic heterocycles. The number of benzene rings is 2. The van der Waals surface area contributed by atoms with Gasteiger partial charge in [0.2, 0.25) is 0 Å². The second-order valence-electron chi connectivity index (χ2n) is 6.73. The van der Waals surface area contributed by atoms with Gasteiger partial charge in [0.15, 0.2) is 11.6 Å². The lowest BCUT2D eigenvalue weighted by molar-refractivity contribution is 0.0992. The van der Waals surface area contributed by atoms with E-state index in [0.717, 1.165) is 10.0 Å². The Balaban J connectivity index is 1.37. The standard InChI is InChI=1S/C22H15Br2ClFN3O3/c23-14-3-7-19(18(25)9-14)31-12-16-6-8-20(32-16)22(30)27-21-17(24)11-29(28-21)10-13-1-4-15(26)5-2-13/h1-9,11H,10,12H2,(H,27,28,30). The fourth-order valence-electron chi connectivity index (χ4n) is 2.83. The Hall–Kier alpha value is -2.62. The van der Waals surface area contributed by atoms with E-state index in [0.29, 0.717) is 33.4 Å². The van der Waals surface area contributed by atoms with Gasteiger partial charge in [0.1, 0.15) is 23.9 Å². The maximum atomic E-state index is 13.1. The van der Waals surface area contributed by atoms with E-state index in [1.54, 1.807) is 47.3 Å². The summed E-state index contributed by atoms with van der Waals surface area (Å²) in [4.78, 5) is 12.6. The van der Waals surface area contributed by atoms with Crippen LogP contribution < -0.4 is 10.1 Å². The van der Waals surface area contributed by atoms with Crippen molar-refractivity contribution in [2.75, 3.05) is 5.32 Å². The number of rotatable bonds is 7. The van der Waals surface area contributed by atoms with Crippen LogP contribution in [0.15, 0.2) is 74.2 Å². The van der Waals surface area contributed by atoms with Gasteiger partial charge in [-0.05, 0) is 64.0 Å². The Morgan fingerprint density at radius 1 is 1.16 bits per heavy atom. The molecule has 0 bridgehead atoms. The van der Waals surface area contributed by atoms with Crippen LogP contribution >= 0.6 is 43.5 Å². The van der Waals surface area contributed by atoms with Crippen LogP contribution in [0.4, 0.5) is 10.2 Å². The molecule has 164 valence electrons. The highest BCUT2D eigenvalue weighted by Gasteiger charge is 2.16. The van der Waals surface area contributed by atoms with Crippen LogP contribution in [0.3, 0.4) is 0 Å². The van der Waals surface area contributed by atoms with Crippen LogP contribution in [0.1, 0.15) is 21.9 Å². The van der Waals surface area contributed by atoms with Gasteiger partial charge in [-0.2, -0.15) is 5.10 Å². The van der Waals surface area contributed by atoms with Crippen LogP contribution in [0.2, 0.25) is 5.02 Å². The van der Waals surface area contributed by atoms with Gasteiger partial charge in [-0.25, -0.2) is 4.39 Å². The summed E-state index contributed by atoms with van der Waals surface area (Å²) >= 11 is 12.9. The monoisotopic (exact) mass is 581 g/mol. The van der Waals surface area contributed by atoms with E-state index >= 15 is 0 Å². The number of carbonyl (C=O) groups excluding carboxylic acids is 1. The number of hydrogen-bond acceptors (Lipinski definition) is 4. The molecule has 0 fully saturated rings. The summed E-state index contributed by atoms with van der Waals surface area (Å²) < 4.78 is 27.4. The molecule has 1 N–H and O–H groups in total. The van der Waals surface area contributed by atoms with Crippen molar-refractivity contribution in [1.29, 1.82) is 0 Å². The molecule has 4 aromatic rings. The molecular weight excluding hydrogens is 569 g/mol. The molecule has 4 rings (SSSR count). The van der Waals surface area contributed by atoms with Crippen LogP contribution in [0, 0.1) is 5.82 Å². The zero-order valence-electron chi connectivity index (χ0n) is 16.3. The highest BCUT2D eigenvalue weighted by Crippen LogP contribution is 2.28. The second-order valence-corrected chi connectivity index (χ2v) is 8.91. The minimum atomic E-state index is -0.453. The quantitative estimate of drug-likeness (QED) is 0.264. The predicted octanol–water partition coefficient (Wildman–Crippen LogP) is 6.67. The maximum Gasteiger partial charge on any atom is 0.292 e. The molecule has 0 saturated carbocycles. The van der Waals surface area contributed by atoms with Crippen molar-refractivity contribution in [2.24, 2.45) is 0 Å². The molecule has 0 spiro atoms. The summed E-state index contributed by atoms with van der Waals surface area (Å²) in [6, 6.07) is 14.6. The average molecular weight is 584 g/mol. The number of aromatic nitrogens is 2. The molecule has 0 aliphatic rings. The molecular formula is C22H15Br2ClFN3O3. The lowest BCUT2D eigenvalue weighted by Crippen LogP contribution is -2.12. The normalized spacial score (nSPS) is 10.9. The number of carbonyl (C=O) groups is 1. The van der Waals surface area contributed by atoms with Gasteiger partial charge in [-0.1, -0.05) is 39.7 Å². The predicted molar refractivity (Wildman–Crippen MR) is 126 cm³/mol. The topological polar surface area (TPSA) is 69.3 Å². The Kier molecular flexibility index (Phi) is 6.98. The molecule has 0 atom stereocenters. The highest BCUT2D eigenvalue weighted by atomic mass is 79.9. The van der Waals surface area contributed by atoms with E-state index in [4.69, 9.17) is 20.8 Å². The van der Waals surface area contributed by atoms with E-state index in [1.807, 2.05) is 6.07 Å². The number of anilines is 1. The molecule has 1 amide bonds. The highest BCUT2D eigenvalue weighted by molar-refractivity contribution is 9.10. The molecule has 6 nitrogen and oxygen atoms in total. The third-order valence-electron chi connectivity index (χ3n) is 4.36. The first kappa shape index (κ1) is 22.6. The zero-order valence-corrected chi connectivity index (χ0v) is 20.2. The number of furan rings is 1. The first-order valence-corrected chi connectivity index (χ1v) is 11.3. The summed E-state index contributed by atoms with van der Waals surface area (Å²) in [6.45, 7) is 0.542. The molecule has 2 aromatic carbocycles. The minimum Gasteiger partial charge on any atom is -0.484 e. The van der Waals surface area contributed by atoms with Gasteiger partial charge in [-0.3, -0.25) is 9.48 Å². The number of ether oxygens (including phenoxy) is 1. The van der Waals surface area contributed by atoms with Crippen LogP contribution in [0.5, 0.6) is 5.75 Å². The molecule has 10 heteroatoms. The second kappa shape index (κ2) is 9.89. The fourth-order valence-corrected chi connectivity index (χ4v) is 3.97. The van der Waals surface area contributed by atoms with Crippen molar-refractivity contribution < 1.29 is 18.3 Å². The van der Waals surface area contributed by atoms with Crippen LogP contribution in [-0.4, -0.2) is 15.7 Å². The van der Waals surface area contributed by atoms with Crippen molar-refractivity contribution in [3.63, 3.8) is 0 Å². The van der Waals surface area contributed by atoms with Crippen LogP contribution in [-0.2, 0) is 13.2 Å². The van der Waals surface area contributed by atoms with Gasteiger partial charge < -0.3 is 14.5 Å². The molecule has 0 radical (unpaired) electrons. The Labute approximate surface area is 204 Å².